The van der Waals surface area contributed by atoms with E-state index in [0.717, 1.165) is 11.1 Å². The average Bonchev–Trinajstić information content (AvgIpc) is 2.49. The predicted octanol–water partition coefficient (Wildman–Crippen LogP) is 4.29. The minimum atomic E-state index is -4.32. The maximum atomic E-state index is 13.3. The second-order valence-corrected chi connectivity index (χ2v) is 6.86. The van der Waals surface area contributed by atoms with Crippen LogP contribution in [-0.2, 0) is 4.79 Å². The fourth-order valence-electron chi connectivity index (χ4n) is 2.16. The molecule has 0 aliphatic rings. The molecule has 0 heterocycles. The Morgan fingerprint density at radius 1 is 1.25 bits per heavy atom. The van der Waals surface area contributed by atoms with Crippen molar-refractivity contribution < 1.29 is 23.1 Å². The zero-order chi connectivity index (χ0) is 18.3. The molecule has 0 fully saturated rings. The van der Waals surface area contributed by atoms with Crippen LogP contribution in [0.1, 0.15) is 36.8 Å². The van der Waals surface area contributed by atoms with E-state index in [1.165, 1.54) is 23.9 Å². The van der Waals surface area contributed by atoms with Crippen LogP contribution in [0.25, 0.3) is 5.57 Å². The van der Waals surface area contributed by atoms with Crippen LogP contribution in [0.2, 0.25) is 0 Å². The highest BCUT2D eigenvalue weighted by Gasteiger charge is 2.40. The number of rotatable bonds is 9. The number of benzene rings is 1. The molecule has 7 heteroatoms. The molecule has 1 aromatic rings. The van der Waals surface area contributed by atoms with E-state index in [2.05, 4.69) is 6.58 Å². The molecule has 2 atom stereocenters. The third-order valence-electron chi connectivity index (χ3n) is 3.64. The summed E-state index contributed by atoms with van der Waals surface area (Å²) in [6, 6.07) is 5.32. The molecule has 0 aliphatic carbocycles. The molecule has 0 bridgehead atoms. The van der Waals surface area contributed by atoms with E-state index in [4.69, 9.17) is 10.8 Å². The molecule has 2 unspecified atom stereocenters. The summed E-state index contributed by atoms with van der Waals surface area (Å²) in [5, 5.41) is 8.65. The van der Waals surface area contributed by atoms with Gasteiger partial charge in [-0.1, -0.05) is 36.4 Å². The Hall–Kier alpha value is -1.47. The molecule has 134 valence electrons. The van der Waals surface area contributed by atoms with E-state index in [1.807, 2.05) is 0 Å². The maximum Gasteiger partial charge on any atom is 0.395 e. The van der Waals surface area contributed by atoms with Gasteiger partial charge in [-0.15, -0.1) is 0 Å². The fourth-order valence-corrected chi connectivity index (χ4v) is 3.18. The zero-order valence-electron chi connectivity index (χ0n) is 13.5. The first kappa shape index (κ1) is 20.6. The standard InChI is InChI=1S/C17H22F3NO2S/c1-11(2)12-3-5-13(6-4-12)14(17(18,19)20)7-9-24-10-8-15(21)16(22)23/h3-6,14-15H,1,7-10,21H2,2H3,(H,22,23). The number of carboxylic acid groups (broad SMARTS) is 1. The zero-order valence-corrected chi connectivity index (χ0v) is 14.3. The fraction of sp³-hybridized carbons (Fsp3) is 0.471. The number of hydrogen-bond acceptors (Lipinski definition) is 3. The number of alkyl halides is 3. The van der Waals surface area contributed by atoms with Gasteiger partial charge in [-0.2, -0.15) is 24.9 Å². The summed E-state index contributed by atoms with van der Waals surface area (Å²) in [6.45, 7) is 5.57. The van der Waals surface area contributed by atoms with Gasteiger partial charge < -0.3 is 10.8 Å². The molecule has 0 radical (unpaired) electrons. The SMILES string of the molecule is C=C(C)c1ccc(C(CCSCCC(N)C(=O)O)C(F)(F)F)cc1. The third kappa shape index (κ3) is 6.57. The van der Waals surface area contributed by atoms with Gasteiger partial charge in [0.25, 0.3) is 0 Å². The largest absolute Gasteiger partial charge is 0.480 e. The summed E-state index contributed by atoms with van der Waals surface area (Å²) in [4.78, 5) is 10.6. The Balaban J connectivity index is 2.61. The molecule has 3 N–H and O–H groups in total. The lowest BCUT2D eigenvalue weighted by atomic mass is 9.94. The first-order valence-corrected chi connectivity index (χ1v) is 8.67. The summed E-state index contributed by atoms with van der Waals surface area (Å²) in [7, 11) is 0. The second-order valence-electron chi connectivity index (χ2n) is 5.63. The molecule has 24 heavy (non-hydrogen) atoms. The van der Waals surface area contributed by atoms with Crippen molar-refractivity contribution in [1.82, 2.24) is 0 Å². The topological polar surface area (TPSA) is 63.3 Å². The first-order valence-electron chi connectivity index (χ1n) is 7.51. The number of aliphatic carboxylic acids is 1. The van der Waals surface area contributed by atoms with E-state index in [0.29, 0.717) is 11.5 Å². The van der Waals surface area contributed by atoms with Crippen LogP contribution < -0.4 is 5.73 Å². The molecule has 0 saturated carbocycles. The highest BCUT2D eigenvalue weighted by Crippen LogP contribution is 2.38. The Morgan fingerprint density at radius 3 is 2.25 bits per heavy atom. The van der Waals surface area contributed by atoms with Crippen LogP contribution in [-0.4, -0.2) is 34.8 Å². The minimum Gasteiger partial charge on any atom is -0.480 e. The highest BCUT2D eigenvalue weighted by atomic mass is 32.2. The maximum absolute atomic E-state index is 13.3. The number of allylic oxidation sites excluding steroid dienone is 1. The van der Waals surface area contributed by atoms with Gasteiger partial charge in [-0.05, 0) is 42.4 Å². The van der Waals surface area contributed by atoms with Crippen LogP contribution in [0.5, 0.6) is 0 Å². The lowest BCUT2D eigenvalue weighted by molar-refractivity contribution is -0.150. The molecule has 0 aliphatic heterocycles. The van der Waals surface area contributed by atoms with Crippen LogP contribution in [0.15, 0.2) is 30.8 Å². The Labute approximate surface area is 144 Å². The van der Waals surface area contributed by atoms with Crippen LogP contribution >= 0.6 is 11.8 Å². The lowest BCUT2D eigenvalue weighted by Crippen LogP contribution is -2.30. The Bertz CT molecular complexity index is 558. The van der Waals surface area contributed by atoms with E-state index < -0.39 is 24.1 Å². The molecule has 0 amide bonds. The molecule has 0 saturated heterocycles. The van der Waals surface area contributed by atoms with Gasteiger partial charge in [0.1, 0.15) is 6.04 Å². The summed E-state index contributed by atoms with van der Waals surface area (Å²) in [5.41, 5.74) is 7.21. The van der Waals surface area contributed by atoms with Gasteiger partial charge in [0.15, 0.2) is 0 Å². The van der Waals surface area contributed by atoms with Crippen molar-refractivity contribution in [1.29, 1.82) is 0 Å². The predicted molar refractivity (Wildman–Crippen MR) is 92.1 cm³/mol. The van der Waals surface area contributed by atoms with Crippen molar-refractivity contribution in [3.05, 3.63) is 42.0 Å². The first-order chi connectivity index (χ1) is 11.1. The van der Waals surface area contributed by atoms with Gasteiger partial charge in [-0.25, -0.2) is 0 Å². The third-order valence-corrected chi connectivity index (χ3v) is 4.69. The molecule has 1 rings (SSSR count). The van der Waals surface area contributed by atoms with Crippen molar-refractivity contribution in [2.45, 2.75) is 37.9 Å². The van der Waals surface area contributed by atoms with Gasteiger partial charge in [0, 0.05) is 0 Å². The van der Waals surface area contributed by atoms with Gasteiger partial charge in [0.05, 0.1) is 5.92 Å². The number of hydrogen-bond donors (Lipinski definition) is 2. The van der Waals surface area contributed by atoms with Crippen LogP contribution in [0, 0.1) is 0 Å². The monoisotopic (exact) mass is 361 g/mol. The van der Waals surface area contributed by atoms with E-state index in [9.17, 15) is 18.0 Å². The second kappa shape index (κ2) is 9.13. The normalized spacial score (nSPS) is 14.2. The van der Waals surface area contributed by atoms with Crippen molar-refractivity contribution in [3.8, 4) is 0 Å². The molecule has 3 nitrogen and oxygen atoms in total. The summed E-state index contributed by atoms with van der Waals surface area (Å²) in [6.07, 6.45) is -4.13. The van der Waals surface area contributed by atoms with E-state index in [-0.39, 0.29) is 18.4 Å². The van der Waals surface area contributed by atoms with Crippen molar-refractivity contribution in [2.24, 2.45) is 5.73 Å². The molecule has 1 aromatic carbocycles. The summed E-state index contributed by atoms with van der Waals surface area (Å²) >= 11 is 1.29. The molecular weight excluding hydrogens is 339 g/mol. The molecule has 0 spiro atoms. The smallest absolute Gasteiger partial charge is 0.395 e. The van der Waals surface area contributed by atoms with Crippen molar-refractivity contribution in [3.63, 3.8) is 0 Å². The number of thioether (sulfide) groups is 1. The number of carboxylic acids is 1. The van der Waals surface area contributed by atoms with Gasteiger partial charge in [0.2, 0.25) is 0 Å². The Kier molecular flexibility index (Phi) is 7.83. The Morgan fingerprint density at radius 2 is 1.79 bits per heavy atom. The van der Waals surface area contributed by atoms with E-state index >= 15 is 0 Å². The quantitative estimate of drug-likeness (QED) is 0.644. The van der Waals surface area contributed by atoms with Crippen LogP contribution in [0.4, 0.5) is 13.2 Å². The van der Waals surface area contributed by atoms with Crippen molar-refractivity contribution in [2.75, 3.05) is 11.5 Å². The highest BCUT2D eigenvalue weighted by molar-refractivity contribution is 7.99. The number of carbonyl (C=O) groups is 1. The van der Waals surface area contributed by atoms with Gasteiger partial charge >= 0.3 is 12.1 Å². The minimum absolute atomic E-state index is 0.0527. The van der Waals surface area contributed by atoms with E-state index in [1.54, 1.807) is 19.1 Å². The average molecular weight is 361 g/mol. The van der Waals surface area contributed by atoms with Gasteiger partial charge in [-0.3, -0.25) is 4.79 Å². The molecular formula is C17H22F3NO2S. The molecule has 0 aromatic heterocycles. The summed E-state index contributed by atoms with van der Waals surface area (Å²) in [5.74, 6) is -1.91. The van der Waals surface area contributed by atoms with Crippen LogP contribution in [0.3, 0.4) is 0 Å². The number of nitrogens with two attached hydrogens (primary N) is 1. The lowest BCUT2D eigenvalue weighted by Gasteiger charge is -2.21. The number of halogens is 3. The summed E-state index contributed by atoms with van der Waals surface area (Å²) < 4.78 is 39.9. The van der Waals surface area contributed by atoms with Crippen molar-refractivity contribution >= 4 is 23.3 Å².